The van der Waals surface area contributed by atoms with Crippen LogP contribution in [-0.2, 0) is 6.42 Å². The Labute approximate surface area is 230 Å². The van der Waals surface area contributed by atoms with Gasteiger partial charge in [0.2, 0.25) is 0 Å². The molecule has 0 aliphatic carbocycles. The SMILES string of the molecule is C=C/C=C(/NCCc1ccc2cc(C(=O)N3CCN(C)CC3)ccc2c1)c1cc(C)ccc1C.CC(C)C. The fraction of sp³-hybridized carbons (Fsp3) is 0.382. The van der Waals surface area contributed by atoms with Gasteiger partial charge >= 0.3 is 0 Å². The van der Waals surface area contributed by atoms with Crippen molar-refractivity contribution in [3.05, 3.63) is 101 Å². The molecule has 0 bridgehead atoms. The van der Waals surface area contributed by atoms with E-state index in [4.69, 9.17) is 0 Å². The number of rotatable bonds is 7. The molecule has 1 saturated heterocycles. The van der Waals surface area contributed by atoms with Gasteiger partial charge in [0.25, 0.3) is 5.91 Å². The van der Waals surface area contributed by atoms with Crippen LogP contribution in [0.15, 0.2) is 73.3 Å². The highest BCUT2D eigenvalue weighted by atomic mass is 16.2. The van der Waals surface area contributed by atoms with Crippen LogP contribution >= 0.6 is 0 Å². The Morgan fingerprint density at radius 3 is 2.29 bits per heavy atom. The normalized spacial score (nSPS) is 14.3. The van der Waals surface area contributed by atoms with Gasteiger partial charge in [-0.05, 0) is 79.4 Å². The first kappa shape index (κ1) is 29.2. The van der Waals surface area contributed by atoms with Crippen LogP contribution in [0.25, 0.3) is 16.5 Å². The first-order valence-electron chi connectivity index (χ1n) is 13.8. The maximum atomic E-state index is 12.9. The molecule has 1 N–H and O–H groups in total. The zero-order valence-electron chi connectivity index (χ0n) is 24.2. The van der Waals surface area contributed by atoms with Gasteiger partial charge in [-0.25, -0.2) is 0 Å². The Balaban J connectivity index is 0.000000934. The lowest BCUT2D eigenvalue weighted by atomic mass is 10.0. The summed E-state index contributed by atoms with van der Waals surface area (Å²) in [6.45, 7) is 18.9. The van der Waals surface area contributed by atoms with Crippen molar-refractivity contribution in [1.82, 2.24) is 15.1 Å². The van der Waals surface area contributed by atoms with Crippen LogP contribution in [0.2, 0.25) is 0 Å². The molecule has 1 aliphatic heterocycles. The average Bonchev–Trinajstić information content (AvgIpc) is 2.89. The second kappa shape index (κ2) is 14.0. The molecule has 202 valence electrons. The minimum atomic E-state index is 0.135. The second-order valence-electron chi connectivity index (χ2n) is 11.0. The molecule has 0 aromatic heterocycles. The van der Waals surface area contributed by atoms with Crippen molar-refractivity contribution in [2.75, 3.05) is 39.8 Å². The molecule has 4 rings (SSSR count). The summed E-state index contributed by atoms with van der Waals surface area (Å²) in [5, 5.41) is 5.88. The van der Waals surface area contributed by atoms with Crippen LogP contribution in [0.3, 0.4) is 0 Å². The average molecular weight is 512 g/mol. The number of amides is 1. The standard InChI is InChI=1S/C30H35N3O.C4H10/c1-5-6-29(28-19-22(2)7-8-23(28)3)31-14-13-24-9-10-26-21-27(12-11-25(26)20-24)30(34)33-17-15-32(4)16-18-33;1-4(2)3/h5-12,19-21,31H,1,13-18H2,2-4H3;4H,1-3H3/b29-6+;. The molecule has 1 amide bonds. The third-order valence-electron chi connectivity index (χ3n) is 6.64. The molecule has 1 aliphatic rings. The van der Waals surface area contributed by atoms with Crippen molar-refractivity contribution in [2.45, 2.75) is 41.0 Å². The molecule has 0 spiro atoms. The van der Waals surface area contributed by atoms with E-state index >= 15 is 0 Å². The number of benzene rings is 3. The van der Waals surface area contributed by atoms with Crippen molar-refractivity contribution in [1.29, 1.82) is 0 Å². The fourth-order valence-electron chi connectivity index (χ4n) is 4.51. The van der Waals surface area contributed by atoms with Gasteiger partial charge in [-0.2, -0.15) is 0 Å². The fourth-order valence-corrected chi connectivity index (χ4v) is 4.51. The van der Waals surface area contributed by atoms with E-state index in [0.717, 1.165) is 61.7 Å². The molecule has 3 aromatic carbocycles. The van der Waals surface area contributed by atoms with E-state index in [2.05, 4.69) is 101 Å². The maximum Gasteiger partial charge on any atom is 0.253 e. The number of aryl methyl sites for hydroxylation is 2. The number of hydrogen-bond acceptors (Lipinski definition) is 3. The summed E-state index contributed by atoms with van der Waals surface area (Å²) in [4.78, 5) is 17.2. The van der Waals surface area contributed by atoms with Gasteiger partial charge in [0, 0.05) is 49.5 Å². The van der Waals surface area contributed by atoms with E-state index < -0.39 is 0 Å². The van der Waals surface area contributed by atoms with Crippen LogP contribution in [0.1, 0.15) is 53.4 Å². The highest BCUT2D eigenvalue weighted by Crippen LogP contribution is 2.21. The first-order chi connectivity index (χ1) is 18.2. The third kappa shape index (κ3) is 8.32. The number of carbonyl (C=O) groups is 1. The van der Waals surface area contributed by atoms with Crippen LogP contribution < -0.4 is 5.32 Å². The number of likely N-dealkylation sites (N-methyl/N-ethyl adjacent to an activating group) is 1. The summed E-state index contributed by atoms with van der Waals surface area (Å²) in [6.07, 6.45) is 4.79. The Kier molecular flexibility index (Phi) is 10.7. The number of nitrogens with one attached hydrogen (secondary N) is 1. The number of nitrogens with zero attached hydrogens (tertiary/aromatic N) is 2. The number of hydrogen-bond donors (Lipinski definition) is 1. The number of piperazine rings is 1. The summed E-state index contributed by atoms with van der Waals surface area (Å²) in [5.74, 6) is 0.969. The largest absolute Gasteiger partial charge is 0.384 e. The van der Waals surface area contributed by atoms with Crippen molar-refractivity contribution < 1.29 is 4.79 Å². The summed E-state index contributed by atoms with van der Waals surface area (Å²) in [7, 11) is 2.10. The lowest BCUT2D eigenvalue weighted by molar-refractivity contribution is 0.0664. The second-order valence-corrected chi connectivity index (χ2v) is 11.0. The molecule has 1 fully saturated rings. The van der Waals surface area contributed by atoms with Crippen LogP contribution in [0, 0.1) is 19.8 Å². The highest BCUT2D eigenvalue weighted by molar-refractivity contribution is 5.98. The zero-order valence-corrected chi connectivity index (χ0v) is 24.2. The maximum absolute atomic E-state index is 12.9. The molecule has 1 heterocycles. The molecule has 3 aromatic rings. The molecule has 0 atom stereocenters. The topological polar surface area (TPSA) is 35.6 Å². The van der Waals surface area contributed by atoms with Gasteiger partial charge in [0.15, 0.2) is 0 Å². The summed E-state index contributed by atoms with van der Waals surface area (Å²) in [6, 6.07) is 19.1. The number of carbonyl (C=O) groups excluding carboxylic acids is 1. The Morgan fingerprint density at radius 2 is 1.61 bits per heavy atom. The highest BCUT2D eigenvalue weighted by Gasteiger charge is 2.20. The van der Waals surface area contributed by atoms with E-state index in [-0.39, 0.29) is 5.91 Å². The molecule has 38 heavy (non-hydrogen) atoms. The lowest BCUT2D eigenvalue weighted by Gasteiger charge is -2.32. The van der Waals surface area contributed by atoms with E-state index in [9.17, 15) is 4.79 Å². The Hall–Kier alpha value is -3.37. The van der Waals surface area contributed by atoms with E-state index in [1.54, 1.807) is 0 Å². The minimum Gasteiger partial charge on any atom is -0.384 e. The molecule has 0 radical (unpaired) electrons. The van der Waals surface area contributed by atoms with E-state index in [0.29, 0.717) is 0 Å². The van der Waals surface area contributed by atoms with Gasteiger partial charge < -0.3 is 15.1 Å². The van der Waals surface area contributed by atoms with Gasteiger partial charge in [-0.3, -0.25) is 4.79 Å². The zero-order chi connectivity index (χ0) is 27.7. The van der Waals surface area contributed by atoms with Crippen LogP contribution in [0.4, 0.5) is 0 Å². The Morgan fingerprint density at radius 1 is 0.947 bits per heavy atom. The Bertz CT molecular complexity index is 1260. The van der Waals surface area contributed by atoms with Gasteiger partial charge in [-0.1, -0.05) is 75.4 Å². The van der Waals surface area contributed by atoms with Gasteiger partial charge in [-0.15, -0.1) is 0 Å². The molecular formula is C34H45N3O. The van der Waals surface area contributed by atoms with E-state index in [1.807, 2.05) is 29.2 Å². The summed E-state index contributed by atoms with van der Waals surface area (Å²) >= 11 is 0. The first-order valence-corrected chi connectivity index (χ1v) is 13.8. The van der Waals surface area contributed by atoms with Gasteiger partial charge in [0.05, 0.1) is 0 Å². The monoisotopic (exact) mass is 511 g/mol. The van der Waals surface area contributed by atoms with Crippen molar-refractivity contribution in [3.8, 4) is 0 Å². The molecule has 0 unspecified atom stereocenters. The molecule has 0 saturated carbocycles. The van der Waals surface area contributed by atoms with Crippen molar-refractivity contribution in [3.63, 3.8) is 0 Å². The molecular weight excluding hydrogens is 466 g/mol. The predicted octanol–water partition coefficient (Wildman–Crippen LogP) is 6.87. The minimum absolute atomic E-state index is 0.135. The smallest absolute Gasteiger partial charge is 0.253 e. The summed E-state index contributed by atoms with van der Waals surface area (Å²) < 4.78 is 0. The predicted molar refractivity (Wildman–Crippen MR) is 164 cm³/mol. The van der Waals surface area contributed by atoms with Crippen molar-refractivity contribution >= 4 is 22.4 Å². The molecule has 4 nitrogen and oxygen atoms in total. The number of fused-ring (bicyclic) bond motifs is 1. The van der Waals surface area contributed by atoms with Crippen LogP contribution in [-0.4, -0.2) is 55.5 Å². The van der Waals surface area contributed by atoms with Crippen LogP contribution in [0.5, 0.6) is 0 Å². The third-order valence-corrected chi connectivity index (χ3v) is 6.64. The van der Waals surface area contributed by atoms with E-state index in [1.165, 1.54) is 27.6 Å². The lowest BCUT2D eigenvalue weighted by Crippen LogP contribution is -2.47. The molecule has 4 heteroatoms. The van der Waals surface area contributed by atoms with Crippen molar-refractivity contribution in [2.24, 2.45) is 5.92 Å². The summed E-state index contributed by atoms with van der Waals surface area (Å²) in [5.41, 5.74) is 6.87. The quantitative estimate of drug-likeness (QED) is 0.352. The van der Waals surface area contributed by atoms with Gasteiger partial charge in [0.1, 0.15) is 0 Å². The number of allylic oxidation sites excluding steroid dienone is 2.